The summed E-state index contributed by atoms with van der Waals surface area (Å²) >= 11 is 5.95. The van der Waals surface area contributed by atoms with E-state index in [2.05, 4.69) is 15.0 Å². The highest BCUT2D eigenvalue weighted by atomic mass is 35.5. The second-order valence-electron chi connectivity index (χ2n) is 4.08. The zero-order chi connectivity index (χ0) is 11.1. The Morgan fingerprint density at radius 2 is 2.25 bits per heavy atom. The summed E-state index contributed by atoms with van der Waals surface area (Å²) in [5.74, 6) is 0.455. The summed E-state index contributed by atoms with van der Waals surface area (Å²) in [6.45, 7) is 0. The number of fused-ring (bicyclic) bond motifs is 1. The monoisotopic (exact) mass is 235 g/mol. The summed E-state index contributed by atoms with van der Waals surface area (Å²) in [5.41, 5.74) is 2.10. The molecule has 4 nitrogen and oxygen atoms in total. The Morgan fingerprint density at radius 1 is 1.44 bits per heavy atom. The van der Waals surface area contributed by atoms with Crippen LogP contribution < -0.4 is 0 Å². The molecule has 0 radical (unpaired) electrons. The maximum absolute atomic E-state index is 11.0. The number of carbonyl (C=O) groups excluding carboxylic acids is 1. The maximum atomic E-state index is 11.0. The van der Waals surface area contributed by atoms with Gasteiger partial charge in [0, 0.05) is 5.92 Å². The van der Waals surface area contributed by atoms with E-state index in [9.17, 15) is 4.79 Å². The second kappa shape index (κ2) is 3.56. The van der Waals surface area contributed by atoms with Crippen LogP contribution in [0.2, 0.25) is 5.15 Å². The third-order valence-corrected chi connectivity index (χ3v) is 3.52. The van der Waals surface area contributed by atoms with E-state index < -0.39 is 0 Å². The lowest BCUT2D eigenvalue weighted by Crippen LogP contribution is -2.11. The second-order valence-corrected chi connectivity index (χ2v) is 4.46. The van der Waals surface area contributed by atoms with Crippen LogP contribution in [-0.2, 0) is 0 Å². The van der Waals surface area contributed by atoms with Crippen LogP contribution in [0, 0.1) is 0 Å². The molecule has 82 valence electrons. The van der Waals surface area contributed by atoms with Crippen molar-refractivity contribution in [1.82, 2.24) is 15.0 Å². The first kappa shape index (κ1) is 9.78. The Hall–Kier alpha value is -1.42. The Morgan fingerprint density at radius 3 is 2.88 bits per heavy atom. The molecule has 1 fully saturated rings. The molecule has 1 saturated carbocycles. The maximum Gasteiger partial charge on any atom is 0.153 e. The number of nitrogens with one attached hydrogen (secondary N) is 1. The van der Waals surface area contributed by atoms with Gasteiger partial charge >= 0.3 is 0 Å². The highest BCUT2D eigenvalue weighted by molar-refractivity contribution is 6.34. The van der Waals surface area contributed by atoms with Gasteiger partial charge in [-0.1, -0.05) is 18.0 Å². The van der Waals surface area contributed by atoms with Gasteiger partial charge in [-0.25, -0.2) is 9.97 Å². The van der Waals surface area contributed by atoms with Gasteiger partial charge in [0.15, 0.2) is 6.29 Å². The van der Waals surface area contributed by atoms with Crippen LogP contribution in [0.15, 0.2) is 6.33 Å². The molecule has 5 heteroatoms. The summed E-state index contributed by atoms with van der Waals surface area (Å²) < 4.78 is 0. The van der Waals surface area contributed by atoms with Crippen LogP contribution in [0.4, 0.5) is 0 Å². The first-order valence-electron chi connectivity index (χ1n) is 5.28. The standard InChI is InChI=1S/C11H10ClN3O/c12-10-7(4-16)8-9(6-2-1-3-6)13-5-14-11(8)15-10/h4-6H,1-3H2,(H,13,14,15). The van der Waals surface area contributed by atoms with Crippen molar-refractivity contribution in [1.29, 1.82) is 0 Å². The fraction of sp³-hybridized carbons (Fsp3) is 0.364. The Labute approximate surface area is 97.0 Å². The molecule has 0 spiro atoms. The number of hydrogen-bond donors (Lipinski definition) is 1. The van der Waals surface area contributed by atoms with E-state index in [1.165, 1.54) is 12.7 Å². The Kier molecular flexibility index (Phi) is 2.17. The predicted octanol–water partition coefficient (Wildman–Crippen LogP) is 2.69. The SMILES string of the molecule is O=Cc1c(Cl)[nH]c2ncnc(C3CCC3)c12. The van der Waals surface area contributed by atoms with Crippen LogP contribution in [0.25, 0.3) is 11.0 Å². The van der Waals surface area contributed by atoms with Crippen LogP contribution in [0.3, 0.4) is 0 Å². The smallest absolute Gasteiger partial charge is 0.153 e. The molecular formula is C11H10ClN3O. The minimum atomic E-state index is 0.353. The highest BCUT2D eigenvalue weighted by Crippen LogP contribution is 2.39. The lowest BCUT2D eigenvalue weighted by atomic mass is 9.81. The lowest BCUT2D eigenvalue weighted by Gasteiger charge is -2.25. The van der Waals surface area contributed by atoms with E-state index in [0.29, 0.717) is 22.3 Å². The molecule has 3 rings (SSSR count). The third kappa shape index (κ3) is 1.26. The Bertz CT molecular complexity index is 560. The summed E-state index contributed by atoms with van der Waals surface area (Å²) in [6, 6.07) is 0. The van der Waals surface area contributed by atoms with E-state index in [0.717, 1.165) is 30.2 Å². The molecule has 0 atom stereocenters. The molecule has 16 heavy (non-hydrogen) atoms. The van der Waals surface area contributed by atoms with Gasteiger partial charge in [-0.2, -0.15) is 0 Å². The molecule has 0 bridgehead atoms. The van der Waals surface area contributed by atoms with E-state index in [-0.39, 0.29) is 0 Å². The van der Waals surface area contributed by atoms with Crippen LogP contribution >= 0.6 is 11.6 Å². The van der Waals surface area contributed by atoms with Crippen LogP contribution in [0.1, 0.15) is 41.2 Å². The molecule has 2 aromatic heterocycles. The van der Waals surface area contributed by atoms with Crippen molar-refractivity contribution >= 4 is 28.9 Å². The van der Waals surface area contributed by atoms with Crippen LogP contribution in [0.5, 0.6) is 0 Å². The first-order valence-corrected chi connectivity index (χ1v) is 5.66. The van der Waals surface area contributed by atoms with Crippen molar-refractivity contribution in [2.24, 2.45) is 0 Å². The van der Waals surface area contributed by atoms with Crippen molar-refractivity contribution in [2.45, 2.75) is 25.2 Å². The normalized spacial score (nSPS) is 16.3. The highest BCUT2D eigenvalue weighted by Gasteiger charge is 2.25. The van der Waals surface area contributed by atoms with Crippen molar-refractivity contribution in [2.75, 3.05) is 0 Å². The lowest BCUT2D eigenvalue weighted by molar-refractivity contribution is 0.112. The average molecular weight is 236 g/mol. The van der Waals surface area contributed by atoms with E-state index in [4.69, 9.17) is 11.6 Å². The largest absolute Gasteiger partial charge is 0.330 e. The van der Waals surface area contributed by atoms with Gasteiger partial charge in [-0.05, 0) is 12.8 Å². The zero-order valence-electron chi connectivity index (χ0n) is 8.53. The zero-order valence-corrected chi connectivity index (χ0v) is 9.29. The Balaban J connectivity index is 2.30. The van der Waals surface area contributed by atoms with Gasteiger partial charge in [0.2, 0.25) is 0 Å². The van der Waals surface area contributed by atoms with Gasteiger partial charge in [0.1, 0.15) is 17.1 Å². The summed E-state index contributed by atoms with van der Waals surface area (Å²) in [5, 5.41) is 1.15. The van der Waals surface area contributed by atoms with Gasteiger partial charge in [0.25, 0.3) is 0 Å². The molecule has 0 amide bonds. The van der Waals surface area contributed by atoms with Gasteiger partial charge in [0.05, 0.1) is 16.6 Å². The molecule has 0 aromatic carbocycles. The molecule has 1 aliphatic rings. The summed E-state index contributed by atoms with van der Waals surface area (Å²) in [7, 11) is 0. The number of H-pyrrole nitrogens is 1. The number of rotatable bonds is 2. The van der Waals surface area contributed by atoms with Gasteiger partial charge in [-0.3, -0.25) is 4.79 Å². The van der Waals surface area contributed by atoms with Gasteiger partial charge < -0.3 is 4.98 Å². The predicted molar refractivity (Wildman–Crippen MR) is 60.9 cm³/mol. The number of nitrogens with zero attached hydrogens (tertiary/aromatic N) is 2. The summed E-state index contributed by atoms with van der Waals surface area (Å²) in [6.07, 6.45) is 5.79. The quantitative estimate of drug-likeness (QED) is 0.815. The molecule has 0 saturated heterocycles. The first-order chi connectivity index (χ1) is 7.81. The number of carbonyl (C=O) groups is 1. The molecule has 0 unspecified atom stereocenters. The van der Waals surface area contributed by atoms with Crippen molar-refractivity contribution in [3.8, 4) is 0 Å². The van der Waals surface area contributed by atoms with Gasteiger partial charge in [-0.15, -0.1) is 0 Å². The number of aldehydes is 1. The molecule has 0 aliphatic heterocycles. The van der Waals surface area contributed by atoms with Crippen molar-refractivity contribution < 1.29 is 4.79 Å². The number of aromatic nitrogens is 3. The molecule has 2 aromatic rings. The molecular weight excluding hydrogens is 226 g/mol. The minimum absolute atomic E-state index is 0.353. The fourth-order valence-corrected chi connectivity index (χ4v) is 2.37. The van der Waals surface area contributed by atoms with Crippen molar-refractivity contribution in [3.05, 3.63) is 22.7 Å². The number of hydrogen-bond acceptors (Lipinski definition) is 3. The third-order valence-electron chi connectivity index (χ3n) is 3.22. The average Bonchev–Trinajstić information content (AvgIpc) is 2.52. The number of aromatic amines is 1. The van der Waals surface area contributed by atoms with E-state index >= 15 is 0 Å². The minimum Gasteiger partial charge on any atom is -0.330 e. The molecule has 1 N–H and O–H groups in total. The molecule has 2 heterocycles. The van der Waals surface area contributed by atoms with E-state index in [1.807, 2.05) is 0 Å². The fourth-order valence-electron chi connectivity index (χ4n) is 2.14. The summed E-state index contributed by atoms with van der Waals surface area (Å²) in [4.78, 5) is 22.3. The van der Waals surface area contributed by atoms with Crippen LogP contribution in [-0.4, -0.2) is 21.2 Å². The topological polar surface area (TPSA) is 58.6 Å². The molecule has 1 aliphatic carbocycles. The van der Waals surface area contributed by atoms with Crippen molar-refractivity contribution in [3.63, 3.8) is 0 Å². The van der Waals surface area contributed by atoms with E-state index in [1.54, 1.807) is 0 Å². The number of halogens is 1.